The number of hydrogen-bond acceptors (Lipinski definition) is 4. The molecule has 0 saturated carbocycles. The van der Waals surface area contributed by atoms with E-state index in [1.807, 2.05) is 17.7 Å². The van der Waals surface area contributed by atoms with Crippen molar-refractivity contribution in [2.45, 2.75) is 13.3 Å². The van der Waals surface area contributed by atoms with Crippen molar-refractivity contribution in [2.24, 2.45) is 0 Å². The Labute approximate surface area is 102 Å². The number of aromatic nitrogens is 6. The van der Waals surface area contributed by atoms with E-state index in [2.05, 4.69) is 25.1 Å². The van der Waals surface area contributed by atoms with Crippen molar-refractivity contribution in [3.8, 4) is 5.82 Å². The van der Waals surface area contributed by atoms with Gasteiger partial charge in [0, 0.05) is 18.8 Å². The Balaban J connectivity index is 2.32. The number of fused-ring (bicyclic) bond motifs is 1. The van der Waals surface area contributed by atoms with Crippen molar-refractivity contribution in [3.63, 3.8) is 0 Å². The predicted octanol–water partition coefficient (Wildman–Crippen LogP) is 1.75. The van der Waals surface area contributed by atoms with Crippen LogP contribution in [0.4, 0.5) is 0 Å². The summed E-state index contributed by atoms with van der Waals surface area (Å²) in [5.74, 6) is 1.62. The predicted molar refractivity (Wildman–Crippen MR) is 63.2 cm³/mol. The van der Waals surface area contributed by atoms with E-state index in [1.54, 1.807) is 12.4 Å². The maximum Gasteiger partial charge on any atom is 0.226 e. The van der Waals surface area contributed by atoms with Crippen LogP contribution < -0.4 is 0 Å². The molecule has 0 amide bonds. The molecule has 17 heavy (non-hydrogen) atoms. The van der Waals surface area contributed by atoms with E-state index in [1.165, 1.54) is 0 Å². The van der Waals surface area contributed by atoms with Crippen molar-refractivity contribution < 1.29 is 0 Å². The van der Waals surface area contributed by atoms with Gasteiger partial charge in [-0.05, 0) is 11.6 Å². The summed E-state index contributed by atoms with van der Waals surface area (Å²) in [7, 11) is 0. The molecule has 0 aromatic carbocycles. The molecule has 0 bridgehead atoms. The molecule has 3 heterocycles. The van der Waals surface area contributed by atoms with E-state index in [4.69, 9.17) is 11.6 Å². The fourth-order valence-electron chi connectivity index (χ4n) is 1.77. The summed E-state index contributed by atoms with van der Waals surface area (Å²) >= 11 is 5.89. The monoisotopic (exact) mass is 248 g/mol. The van der Waals surface area contributed by atoms with E-state index in [0.717, 1.165) is 17.6 Å². The van der Waals surface area contributed by atoms with Crippen LogP contribution in [0.2, 0.25) is 5.28 Å². The van der Waals surface area contributed by atoms with E-state index in [0.29, 0.717) is 11.5 Å². The van der Waals surface area contributed by atoms with Gasteiger partial charge in [0.05, 0.1) is 11.6 Å². The van der Waals surface area contributed by atoms with Gasteiger partial charge in [0.1, 0.15) is 5.82 Å². The molecule has 3 aromatic rings. The molecule has 3 aromatic heterocycles. The molecular weight excluding hydrogens is 240 g/mol. The Morgan fingerprint density at radius 3 is 3.12 bits per heavy atom. The molecule has 0 radical (unpaired) electrons. The van der Waals surface area contributed by atoms with Crippen LogP contribution in [0.3, 0.4) is 0 Å². The smallest absolute Gasteiger partial charge is 0.226 e. The topological polar surface area (TPSA) is 72.3 Å². The third kappa shape index (κ3) is 1.57. The molecule has 6 nitrogen and oxygen atoms in total. The molecule has 0 fully saturated rings. The van der Waals surface area contributed by atoms with Gasteiger partial charge < -0.3 is 0 Å². The Bertz CT molecular complexity index is 670. The van der Waals surface area contributed by atoms with Crippen molar-refractivity contribution in [3.05, 3.63) is 29.7 Å². The fourth-order valence-corrected chi connectivity index (χ4v) is 1.93. The van der Waals surface area contributed by atoms with Gasteiger partial charge in [-0.1, -0.05) is 6.92 Å². The van der Waals surface area contributed by atoms with Crippen LogP contribution in [0.15, 0.2) is 18.6 Å². The molecule has 0 aliphatic heterocycles. The number of halogens is 1. The zero-order chi connectivity index (χ0) is 11.8. The van der Waals surface area contributed by atoms with Crippen molar-refractivity contribution in [2.75, 3.05) is 0 Å². The highest BCUT2D eigenvalue weighted by atomic mass is 35.5. The SMILES string of the molecule is CCc1nccn1-c1nc(Cl)nc2[nH]ncc12. The highest BCUT2D eigenvalue weighted by Crippen LogP contribution is 2.20. The van der Waals surface area contributed by atoms with Gasteiger partial charge in [-0.15, -0.1) is 0 Å². The summed E-state index contributed by atoms with van der Waals surface area (Å²) in [4.78, 5) is 12.6. The lowest BCUT2D eigenvalue weighted by Gasteiger charge is -2.06. The molecule has 3 rings (SSSR count). The van der Waals surface area contributed by atoms with Crippen LogP contribution in [-0.4, -0.2) is 29.7 Å². The van der Waals surface area contributed by atoms with Crippen molar-refractivity contribution in [1.82, 2.24) is 29.7 Å². The second kappa shape index (κ2) is 3.81. The van der Waals surface area contributed by atoms with Gasteiger partial charge in [0.2, 0.25) is 5.28 Å². The van der Waals surface area contributed by atoms with Crippen LogP contribution in [0.1, 0.15) is 12.7 Å². The number of nitrogens with zero attached hydrogens (tertiary/aromatic N) is 5. The first-order valence-electron chi connectivity index (χ1n) is 5.19. The van der Waals surface area contributed by atoms with Gasteiger partial charge in [-0.2, -0.15) is 15.1 Å². The second-order valence-corrected chi connectivity index (χ2v) is 3.85. The molecule has 0 atom stereocenters. The summed E-state index contributed by atoms with van der Waals surface area (Å²) in [5, 5.41) is 7.74. The lowest BCUT2D eigenvalue weighted by atomic mass is 10.3. The Morgan fingerprint density at radius 2 is 2.29 bits per heavy atom. The minimum Gasteiger partial charge on any atom is -0.287 e. The largest absolute Gasteiger partial charge is 0.287 e. The lowest BCUT2D eigenvalue weighted by Crippen LogP contribution is -2.03. The lowest BCUT2D eigenvalue weighted by molar-refractivity contribution is 0.870. The maximum atomic E-state index is 5.89. The molecule has 1 N–H and O–H groups in total. The first-order valence-corrected chi connectivity index (χ1v) is 5.56. The molecule has 0 unspecified atom stereocenters. The number of H-pyrrole nitrogens is 1. The first kappa shape index (κ1) is 10.2. The molecule has 0 aliphatic carbocycles. The van der Waals surface area contributed by atoms with Crippen LogP contribution in [-0.2, 0) is 6.42 Å². The van der Waals surface area contributed by atoms with Crippen molar-refractivity contribution in [1.29, 1.82) is 0 Å². The fraction of sp³-hybridized carbons (Fsp3) is 0.200. The van der Waals surface area contributed by atoms with E-state index >= 15 is 0 Å². The minimum atomic E-state index is 0.188. The number of hydrogen-bond donors (Lipinski definition) is 1. The summed E-state index contributed by atoms with van der Waals surface area (Å²) in [6, 6.07) is 0. The summed E-state index contributed by atoms with van der Waals surface area (Å²) in [5.41, 5.74) is 0.621. The zero-order valence-corrected chi connectivity index (χ0v) is 9.81. The number of rotatable bonds is 2. The highest BCUT2D eigenvalue weighted by Gasteiger charge is 2.12. The number of aromatic amines is 1. The Kier molecular flexibility index (Phi) is 2.29. The van der Waals surface area contributed by atoms with Crippen LogP contribution in [0.5, 0.6) is 0 Å². The molecule has 0 saturated heterocycles. The molecule has 0 spiro atoms. The van der Waals surface area contributed by atoms with Crippen LogP contribution in [0.25, 0.3) is 16.9 Å². The van der Waals surface area contributed by atoms with E-state index in [9.17, 15) is 0 Å². The average molecular weight is 249 g/mol. The van der Waals surface area contributed by atoms with Gasteiger partial charge in [-0.25, -0.2) is 4.98 Å². The normalized spacial score (nSPS) is 11.2. The summed E-state index contributed by atoms with van der Waals surface area (Å²) < 4.78 is 1.89. The van der Waals surface area contributed by atoms with Gasteiger partial charge in [0.15, 0.2) is 11.5 Å². The average Bonchev–Trinajstić information content (AvgIpc) is 2.95. The first-order chi connectivity index (χ1) is 8.29. The summed E-state index contributed by atoms with van der Waals surface area (Å²) in [6.07, 6.45) is 6.08. The zero-order valence-electron chi connectivity index (χ0n) is 9.05. The molecule has 0 aliphatic rings. The number of imidazole rings is 1. The van der Waals surface area contributed by atoms with Crippen molar-refractivity contribution >= 4 is 22.6 Å². The number of aryl methyl sites for hydroxylation is 1. The Hall–Kier alpha value is -1.95. The minimum absolute atomic E-state index is 0.188. The van der Waals surface area contributed by atoms with Gasteiger partial charge in [-0.3, -0.25) is 9.67 Å². The van der Waals surface area contributed by atoms with E-state index in [-0.39, 0.29) is 5.28 Å². The maximum absolute atomic E-state index is 5.89. The van der Waals surface area contributed by atoms with Gasteiger partial charge in [0.25, 0.3) is 0 Å². The standard InChI is InChI=1S/C10H9ClN6/c1-2-7-12-3-4-17(7)9-6-5-13-16-8(6)14-10(11)15-9/h3-5H,2H2,1H3,(H,13,14,15,16). The Morgan fingerprint density at radius 1 is 1.41 bits per heavy atom. The third-order valence-corrected chi connectivity index (χ3v) is 2.69. The van der Waals surface area contributed by atoms with E-state index < -0.39 is 0 Å². The van der Waals surface area contributed by atoms with Crippen LogP contribution >= 0.6 is 11.6 Å². The number of nitrogens with one attached hydrogen (secondary N) is 1. The molecular formula is C10H9ClN6. The van der Waals surface area contributed by atoms with Gasteiger partial charge >= 0.3 is 0 Å². The quantitative estimate of drug-likeness (QED) is 0.702. The van der Waals surface area contributed by atoms with Crippen LogP contribution in [0, 0.1) is 0 Å². The highest BCUT2D eigenvalue weighted by molar-refractivity contribution is 6.28. The second-order valence-electron chi connectivity index (χ2n) is 3.52. The third-order valence-electron chi connectivity index (χ3n) is 2.52. The molecule has 7 heteroatoms. The summed E-state index contributed by atoms with van der Waals surface area (Å²) in [6.45, 7) is 2.04. The molecule has 86 valence electrons.